The van der Waals surface area contributed by atoms with Crippen molar-refractivity contribution in [3.63, 3.8) is 0 Å². The Morgan fingerprint density at radius 3 is 2.12 bits per heavy atom. The predicted octanol–water partition coefficient (Wildman–Crippen LogP) is 5.18. The fourth-order valence-corrected chi connectivity index (χ4v) is 3.90. The number of aryl methyl sites for hydroxylation is 2. The third kappa shape index (κ3) is 4.35. The largest absolute Gasteiger partial charge is 0.505 e. The molecule has 7 heteroatoms. The van der Waals surface area contributed by atoms with E-state index in [1.165, 1.54) is 0 Å². The van der Waals surface area contributed by atoms with Crippen LogP contribution in [0, 0.1) is 13.8 Å². The molecule has 1 atom stereocenters. The van der Waals surface area contributed by atoms with Crippen molar-refractivity contribution in [2.45, 2.75) is 19.9 Å². The van der Waals surface area contributed by atoms with Gasteiger partial charge < -0.3 is 24.6 Å². The summed E-state index contributed by atoms with van der Waals surface area (Å²) in [7, 11) is 4.72. The van der Waals surface area contributed by atoms with E-state index < -0.39 is 6.04 Å². The van der Waals surface area contributed by atoms with E-state index in [4.69, 9.17) is 14.2 Å². The van der Waals surface area contributed by atoms with E-state index in [1.807, 2.05) is 68.4 Å². The van der Waals surface area contributed by atoms with Gasteiger partial charge in [0.15, 0.2) is 11.5 Å². The van der Waals surface area contributed by atoms with Crippen molar-refractivity contribution in [3.05, 3.63) is 77.1 Å². The van der Waals surface area contributed by atoms with Crippen LogP contribution in [0.5, 0.6) is 23.0 Å². The van der Waals surface area contributed by atoms with Crippen LogP contribution in [0.1, 0.15) is 28.6 Å². The lowest BCUT2D eigenvalue weighted by Crippen LogP contribution is -2.14. The van der Waals surface area contributed by atoms with E-state index in [9.17, 15) is 5.11 Å². The molecule has 0 fully saturated rings. The third-order valence-corrected chi connectivity index (χ3v) is 5.52. The zero-order valence-electron chi connectivity index (χ0n) is 19.3. The van der Waals surface area contributed by atoms with E-state index in [-0.39, 0.29) is 5.75 Å². The molecule has 7 nitrogen and oxygen atoms in total. The lowest BCUT2D eigenvalue weighted by molar-refractivity contribution is 0.323. The number of hydrogen-bond donors (Lipinski definition) is 2. The van der Waals surface area contributed by atoms with Crippen LogP contribution in [0.15, 0.2) is 54.6 Å². The maximum atomic E-state index is 11.3. The average Bonchev–Trinajstić information content (AvgIpc) is 2.82. The van der Waals surface area contributed by atoms with Gasteiger partial charge >= 0.3 is 0 Å². The van der Waals surface area contributed by atoms with Crippen LogP contribution in [0.4, 0.5) is 5.82 Å². The first-order valence-corrected chi connectivity index (χ1v) is 10.5. The minimum atomic E-state index is -0.472. The van der Waals surface area contributed by atoms with Gasteiger partial charge in [-0.1, -0.05) is 24.3 Å². The van der Waals surface area contributed by atoms with E-state index in [0.717, 1.165) is 22.3 Å². The first kappa shape index (κ1) is 22.2. The highest BCUT2D eigenvalue weighted by molar-refractivity contribution is 5.86. The molecule has 2 aromatic carbocycles. The maximum absolute atomic E-state index is 11.3. The van der Waals surface area contributed by atoms with Gasteiger partial charge in [-0.3, -0.25) is 0 Å². The van der Waals surface area contributed by atoms with Gasteiger partial charge in [0, 0.05) is 22.3 Å². The first-order valence-electron chi connectivity index (χ1n) is 10.5. The van der Waals surface area contributed by atoms with E-state index in [1.54, 1.807) is 21.3 Å². The molecule has 170 valence electrons. The van der Waals surface area contributed by atoms with Crippen LogP contribution in [0.3, 0.4) is 0 Å². The van der Waals surface area contributed by atoms with Crippen LogP contribution in [0.2, 0.25) is 0 Å². The Kier molecular flexibility index (Phi) is 6.22. The molecule has 0 aliphatic heterocycles. The average molecular weight is 446 g/mol. The number of aromatic nitrogens is 2. The maximum Gasteiger partial charge on any atom is 0.203 e. The van der Waals surface area contributed by atoms with Crippen molar-refractivity contribution in [2.75, 3.05) is 26.6 Å². The van der Waals surface area contributed by atoms with Gasteiger partial charge in [-0.2, -0.15) is 0 Å². The minimum absolute atomic E-state index is 0.107. The van der Waals surface area contributed by atoms with Gasteiger partial charge in [0.1, 0.15) is 17.1 Å². The first-order chi connectivity index (χ1) is 15.9. The van der Waals surface area contributed by atoms with Crippen LogP contribution in [-0.4, -0.2) is 36.4 Å². The van der Waals surface area contributed by atoms with Crippen LogP contribution in [-0.2, 0) is 0 Å². The third-order valence-electron chi connectivity index (χ3n) is 5.52. The van der Waals surface area contributed by atoms with Crippen LogP contribution >= 0.6 is 0 Å². The highest BCUT2D eigenvalue weighted by atomic mass is 16.5. The zero-order chi connectivity index (χ0) is 23.5. The van der Waals surface area contributed by atoms with Gasteiger partial charge in [-0.05, 0) is 49.7 Å². The number of ether oxygens (including phenoxy) is 3. The van der Waals surface area contributed by atoms with E-state index >= 15 is 0 Å². The number of methoxy groups -OCH3 is 3. The summed E-state index contributed by atoms with van der Waals surface area (Å²) in [6.45, 7) is 3.83. The molecular formula is C26H27N3O4. The van der Waals surface area contributed by atoms with Gasteiger partial charge in [0.2, 0.25) is 5.75 Å². The Labute approximate surface area is 193 Å². The second kappa shape index (κ2) is 9.24. The quantitative estimate of drug-likeness (QED) is 0.405. The summed E-state index contributed by atoms with van der Waals surface area (Å²) in [4.78, 5) is 9.16. The number of fused-ring (bicyclic) bond motifs is 1. The van der Waals surface area contributed by atoms with Crippen molar-refractivity contribution in [2.24, 2.45) is 0 Å². The molecule has 2 heterocycles. The van der Waals surface area contributed by atoms with Gasteiger partial charge in [0.05, 0.1) is 27.4 Å². The summed E-state index contributed by atoms with van der Waals surface area (Å²) in [6.07, 6.45) is 0. The second-order valence-electron chi connectivity index (χ2n) is 7.73. The molecule has 2 aromatic heterocycles. The summed E-state index contributed by atoms with van der Waals surface area (Å²) in [6, 6.07) is 16.7. The monoisotopic (exact) mass is 445 g/mol. The highest BCUT2D eigenvalue weighted by Gasteiger charge is 2.24. The second-order valence-corrected chi connectivity index (χ2v) is 7.73. The molecule has 0 unspecified atom stereocenters. The molecule has 0 aliphatic rings. The number of pyridine rings is 2. The Morgan fingerprint density at radius 1 is 0.818 bits per heavy atom. The van der Waals surface area contributed by atoms with E-state index in [0.29, 0.717) is 34.1 Å². The molecule has 4 aromatic rings. The zero-order valence-corrected chi connectivity index (χ0v) is 19.3. The smallest absolute Gasteiger partial charge is 0.203 e. The molecule has 2 N–H and O–H groups in total. The van der Waals surface area contributed by atoms with Gasteiger partial charge in [-0.15, -0.1) is 0 Å². The van der Waals surface area contributed by atoms with Gasteiger partial charge in [0.25, 0.3) is 0 Å². The molecule has 4 rings (SSSR count). The Morgan fingerprint density at radius 2 is 1.48 bits per heavy atom. The number of nitrogens with zero attached hydrogens (tertiary/aromatic N) is 2. The predicted molar refractivity (Wildman–Crippen MR) is 129 cm³/mol. The topological polar surface area (TPSA) is 85.7 Å². The van der Waals surface area contributed by atoms with Crippen molar-refractivity contribution in [1.82, 2.24) is 9.97 Å². The van der Waals surface area contributed by atoms with Gasteiger partial charge in [-0.25, -0.2) is 9.97 Å². The minimum Gasteiger partial charge on any atom is -0.505 e. The number of anilines is 1. The summed E-state index contributed by atoms with van der Waals surface area (Å²) in [5, 5.41) is 15.6. The number of phenolic OH excluding ortho intramolecular Hbond substituents is 1. The van der Waals surface area contributed by atoms with Crippen molar-refractivity contribution >= 4 is 16.7 Å². The van der Waals surface area contributed by atoms with Crippen molar-refractivity contribution in [1.29, 1.82) is 0 Å². The number of aromatic hydroxyl groups is 1. The number of phenols is 1. The van der Waals surface area contributed by atoms with Crippen molar-refractivity contribution < 1.29 is 19.3 Å². The lowest BCUT2D eigenvalue weighted by Gasteiger charge is -2.24. The normalized spacial score (nSPS) is 11.8. The molecule has 0 bridgehead atoms. The Hall–Kier alpha value is -4.00. The summed E-state index contributed by atoms with van der Waals surface area (Å²) < 4.78 is 16.6. The molecule has 33 heavy (non-hydrogen) atoms. The SMILES string of the molecule is COc1cc([C@H](Nc2cccc(C)n2)c2ccc3ccc(C)nc3c2O)cc(OC)c1OC. The Balaban J connectivity index is 1.93. The highest BCUT2D eigenvalue weighted by Crippen LogP contribution is 2.43. The number of hydrogen-bond acceptors (Lipinski definition) is 7. The molecule has 0 saturated carbocycles. The number of benzene rings is 2. The summed E-state index contributed by atoms with van der Waals surface area (Å²) in [5.74, 6) is 2.31. The molecule has 0 amide bonds. The summed E-state index contributed by atoms with van der Waals surface area (Å²) in [5.41, 5.74) is 3.70. The molecule has 0 radical (unpaired) electrons. The fourth-order valence-electron chi connectivity index (χ4n) is 3.90. The fraction of sp³-hybridized carbons (Fsp3) is 0.231. The van der Waals surface area contributed by atoms with Crippen molar-refractivity contribution in [3.8, 4) is 23.0 Å². The standard InChI is InChI=1S/C26H27N3O4/c1-15-7-6-8-22(27-15)29-23(18-13-20(31-3)26(33-5)21(14-18)32-4)19-12-11-17-10-9-16(2)28-24(17)25(19)30/h6-14,23,30H,1-5H3,(H,27,29)/t23-/m0/s1. The Bertz CT molecular complexity index is 1280. The number of nitrogens with one attached hydrogen (secondary N) is 1. The summed E-state index contributed by atoms with van der Waals surface area (Å²) >= 11 is 0. The molecule has 0 aliphatic carbocycles. The van der Waals surface area contributed by atoms with Crippen LogP contribution in [0.25, 0.3) is 10.9 Å². The molecule has 0 spiro atoms. The lowest BCUT2D eigenvalue weighted by atomic mass is 9.95. The molecular weight excluding hydrogens is 418 g/mol. The molecule has 0 saturated heterocycles. The van der Waals surface area contributed by atoms with Crippen LogP contribution < -0.4 is 19.5 Å². The number of rotatable bonds is 7. The van der Waals surface area contributed by atoms with E-state index in [2.05, 4.69) is 15.3 Å².